The number of para-hydroxylation sites is 1. The Bertz CT molecular complexity index is 849. The molecular weight excluding hydrogens is 382 g/mol. The average Bonchev–Trinajstić information content (AvgIpc) is 2.78. The number of carbonyl (C=O) groups is 2. The molecule has 2 aromatic carbocycles. The molecule has 0 saturated carbocycles. The zero-order valence-corrected chi connectivity index (χ0v) is 17.5. The van der Waals surface area contributed by atoms with E-state index in [4.69, 9.17) is 9.47 Å². The zero-order valence-electron chi connectivity index (χ0n) is 17.5. The van der Waals surface area contributed by atoms with Crippen molar-refractivity contribution in [3.05, 3.63) is 54.1 Å². The number of methoxy groups -OCH3 is 2. The van der Waals surface area contributed by atoms with Crippen LogP contribution in [0.25, 0.3) is 0 Å². The van der Waals surface area contributed by atoms with Crippen LogP contribution in [0.4, 0.5) is 5.69 Å². The smallest absolute Gasteiger partial charge is 0.234 e. The average molecular weight is 412 g/mol. The highest BCUT2D eigenvalue weighted by Crippen LogP contribution is 2.27. The van der Waals surface area contributed by atoms with Crippen molar-refractivity contribution in [1.29, 1.82) is 0 Å². The van der Waals surface area contributed by atoms with E-state index in [0.29, 0.717) is 24.6 Å². The third-order valence-corrected chi connectivity index (χ3v) is 5.30. The monoisotopic (exact) mass is 411 g/mol. The highest BCUT2D eigenvalue weighted by Gasteiger charge is 2.25. The van der Waals surface area contributed by atoms with Crippen LogP contribution in [-0.2, 0) is 16.1 Å². The number of carbonyl (C=O) groups excluding carboxylic acids is 2. The summed E-state index contributed by atoms with van der Waals surface area (Å²) in [6.07, 6.45) is 1.50. The van der Waals surface area contributed by atoms with Gasteiger partial charge in [-0.05, 0) is 55.8 Å². The molecule has 2 amide bonds. The predicted octanol–water partition coefficient (Wildman–Crippen LogP) is 2.67. The Morgan fingerprint density at radius 2 is 1.70 bits per heavy atom. The summed E-state index contributed by atoms with van der Waals surface area (Å²) in [5.41, 5.74) is 1.76. The van der Waals surface area contributed by atoms with Crippen molar-refractivity contribution in [2.75, 3.05) is 39.2 Å². The largest absolute Gasteiger partial charge is 0.493 e. The maximum atomic E-state index is 12.4. The predicted molar refractivity (Wildman–Crippen MR) is 116 cm³/mol. The standard InChI is InChI=1S/C23H29N3O4/c1-29-20-9-8-17(14-21(20)30-2)15-24-22(27)16-26-12-10-18(11-13-26)23(28)25-19-6-4-3-5-7-19/h3-9,14,18H,10-13,15-16H2,1-2H3,(H,24,27)(H,25,28). The number of rotatable bonds is 8. The van der Waals surface area contributed by atoms with E-state index in [1.165, 1.54) is 0 Å². The molecule has 1 saturated heterocycles. The van der Waals surface area contributed by atoms with E-state index in [1.54, 1.807) is 14.2 Å². The maximum absolute atomic E-state index is 12.4. The van der Waals surface area contributed by atoms with Crippen molar-refractivity contribution in [2.45, 2.75) is 19.4 Å². The number of hydrogen-bond acceptors (Lipinski definition) is 5. The topological polar surface area (TPSA) is 79.9 Å². The van der Waals surface area contributed by atoms with Crippen LogP contribution in [0, 0.1) is 5.92 Å². The molecule has 1 heterocycles. The van der Waals surface area contributed by atoms with Crippen LogP contribution in [0.2, 0.25) is 0 Å². The lowest BCUT2D eigenvalue weighted by molar-refractivity contribution is -0.123. The second kappa shape index (κ2) is 10.6. The van der Waals surface area contributed by atoms with E-state index in [-0.39, 0.29) is 17.7 Å². The second-order valence-electron chi connectivity index (χ2n) is 7.37. The summed E-state index contributed by atoms with van der Waals surface area (Å²) in [5.74, 6) is 1.30. The number of anilines is 1. The molecule has 0 radical (unpaired) electrons. The van der Waals surface area contributed by atoms with Crippen LogP contribution < -0.4 is 20.1 Å². The molecule has 0 unspecified atom stereocenters. The maximum Gasteiger partial charge on any atom is 0.234 e. The van der Waals surface area contributed by atoms with Crippen molar-refractivity contribution in [2.24, 2.45) is 5.92 Å². The van der Waals surface area contributed by atoms with Gasteiger partial charge in [-0.15, -0.1) is 0 Å². The number of nitrogens with one attached hydrogen (secondary N) is 2. The zero-order chi connectivity index (χ0) is 21.3. The van der Waals surface area contributed by atoms with Crippen LogP contribution in [0.15, 0.2) is 48.5 Å². The Morgan fingerprint density at radius 1 is 1.00 bits per heavy atom. The summed E-state index contributed by atoms with van der Waals surface area (Å²) in [7, 11) is 3.18. The van der Waals surface area contributed by atoms with Crippen molar-refractivity contribution < 1.29 is 19.1 Å². The quantitative estimate of drug-likeness (QED) is 0.698. The highest BCUT2D eigenvalue weighted by molar-refractivity contribution is 5.92. The molecule has 160 valence electrons. The first kappa shape index (κ1) is 21.6. The van der Waals surface area contributed by atoms with Gasteiger partial charge in [0.2, 0.25) is 11.8 Å². The molecule has 2 N–H and O–H groups in total. The first-order valence-electron chi connectivity index (χ1n) is 10.1. The number of likely N-dealkylation sites (tertiary alicyclic amines) is 1. The van der Waals surface area contributed by atoms with Gasteiger partial charge in [0.1, 0.15) is 0 Å². The van der Waals surface area contributed by atoms with Gasteiger partial charge in [-0.2, -0.15) is 0 Å². The van der Waals surface area contributed by atoms with Gasteiger partial charge in [-0.3, -0.25) is 14.5 Å². The summed E-state index contributed by atoms with van der Waals surface area (Å²) in [6.45, 7) is 2.22. The molecule has 1 fully saturated rings. The third kappa shape index (κ3) is 5.97. The van der Waals surface area contributed by atoms with E-state index in [1.807, 2.05) is 48.5 Å². The Labute approximate surface area is 177 Å². The molecule has 1 aliphatic rings. The lowest BCUT2D eigenvalue weighted by atomic mass is 9.96. The minimum absolute atomic E-state index is 0.0173. The molecule has 0 atom stereocenters. The van der Waals surface area contributed by atoms with Crippen molar-refractivity contribution in [1.82, 2.24) is 10.2 Å². The molecule has 1 aliphatic heterocycles. The second-order valence-corrected chi connectivity index (χ2v) is 7.37. The van der Waals surface area contributed by atoms with E-state index >= 15 is 0 Å². The molecule has 30 heavy (non-hydrogen) atoms. The highest BCUT2D eigenvalue weighted by atomic mass is 16.5. The van der Waals surface area contributed by atoms with Gasteiger partial charge < -0.3 is 20.1 Å². The van der Waals surface area contributed by atoms with E-state index < -0.39 is 0 Å². The molecule has 2 aromatic rings. The first-order valence-corrected chi connectivity index (χ1v) is 10.1. The number of ether oxygens (including phenoxy) is 2. The minimum Gasteiger partial charge on any atom is -0.493 e. The Morgan fingerprint density at radius 3 is 2.37 bits per heavy atom. The van der Waals surface area contributed by atoms with E-state index in [9.17, 15) is 9.59 Å². The van der Waals surface area contributed by atoms with Gasteiger partial charge in [0.25, 0.3) is 0 Å². The van der Waals surface area contributed by atoms with Crippen LogP contribution in [0.3, 0.4) is 0 Å². The molecular formula is C23H29N3O4. The number of hydrogen-bond donors (Lipinski definition) is 2. The summed E-state index contributed by atoms with van der Waals surface area (Å²) >= 11 is 0. The molecule has 0 bridgehead atoms. The summed E-state index contributed by atoms with van der Waals surface area (Å²) < 4.78 is 10.5. The van der Waals surface area contributed by atoms with E-state index in [0.717, 1.165) is 37.2 Å². The number of benzene rings is 2. The molecule has 0 spiro atoms. The first-order chi connectivity index (χ1) is 14.6. The van der Waals surface area contributed by atoms with Crippen molar-refractivity contribution in [3.8, 4) is 11.5 Å². The van der Waals surface area contributed by atoms with Crippen molar-refractivity contribution >= 4 is 17.5 Å². The number of piperidine rings is 1. The van der Waals surface area contributed by atoms with Gasteiger partial charge in [0.05, 0.1) is 20.8 Å². The molecule has 7 heteroatoms. The number of amides is 2. The van der Waals surface area contributed by atoms with Gasteiger partial charge in [0.15, 0.2) is 11.5 Å². The Kier molecular flexibility index (Phi) is 7.68. The summed E-state index contributed by atoms with van der Waals surface area (Å²) in [4.78, 5) is 26.8. The molecule has 0 aliphatic carbocycles. The lowest BCUT2D eigenvalue weighted by Crippen LogP contribution is -2.43. The van der Waals surface area contributed by atoms with Crippen LogP contribution in [-0.4, -0.2) is 50.6 Å². The fourth-order valence-corrected chi connectivity index (χ4v) is 3.57. The normalized spacial score (nSPS) is 14.7. The summed E-state index contributed by atoms with van der Waals surface area (Å²) in [6, 6.07) is 15.1. The molecule has 3 rings (SSSR count). The van der Waals surface area contributed by atoms with Crippen LogP contribution >= 0.6 is 0 Å². The molecule has 7 nitrogen and oxygen atoms in total. The van der Waals surface area contributed by atoms with Gasteiger partial charge >= 0.3 is 0 Å². The Balaban J connectivity index is 1.40. The van der Waals surface area contributed by atoms with Crippen LogP contribution in [0.1, 0.15) is 18.4 Å². The van der Waals surface area contributed by atoms with Gasteiger partial charge in [0, 0.05) is 18.2 Å². The third-order valence-electron chi connectivity index (χ3n) is 5.30. The lowest BCUT2D eigenvalue weighted by Gasteiger charge is -2.30. The van der Waals surface area contributed by atoms with Gasteiger partial charge in [-0.25, -0.2) is 0 Å². The molecule has 0 aromatic heterocycles. The minimum atomic E-state index is -0.0306. The Hall–Kier alpha value is -3.06. The van der Waals surface area contributed by atoms with Gasteiger partial charge in [-0.1, -0.05) is 24.3 Å². The summed E-state index contributed by atoms with van der Waals surface area (Å²) in [5, 5.41) is 5.91. The fourth-order valence-electron chi connectivity index (χ4n) is 3.57. The SMILES string of the molecule is COc1ccc(CNC(=O)CN2CCC(C(=O)Nc3ccccc3)CC2)cc1OC. The van der Waals surface area contributed by atoms with E-state index in [2.05, 4.69) is 15.5 Å². The number of nitrogens with zero attached hydrogens (tertiary/aromatic N) is 1. The van der Waals surface area contributed by atoms with Crippen LogP contribution in [0.5, 0.6) is 11.5 Å². The van der Waals surface area contributed by atoms with Crippen molar-refractivity contribution in [3.63, 3.8) is 0 Å². The fraction of sp³-hybridized carbons (Fsp3) is 0.391.